The van der Waals surface area contributed by atoms with Crippen LogP contribution in [0.3, 0.4) is 0 Å². The summed E-state index contributed by atoms with van der Waals surface area (Å²) >= 11 is 0. The highest BCUT2D eigenvalue weighted by molar-refractivity contribution is 7.88. The molecule has 0 rings (SSSR count). The molecule has 0 saturated carbocycles. The molecule has 16 heteroatoms. The summed E-state index contributed by atoms with van der Waals surface area (Å²) in [4.78, 5) is 0. The second-order valence-corrected chi connectivity index (χ2v) is 7.01. The molecule has 140 valence electrons. The summed E-state index contributed by atoms with van der Waals surface area (Å²) in [6.45, 7) is -2.69. The Hall–Kier alpha value is -0.740. The third-order valence-electron chi connectivity index (χ3n) is 1.94. The Labute approximate surface area is 124 Å². The van der Waals surface area contributed by atoms with Gasteiger partial charge in [0.15, 0.2) is 0 Å². The van der Waals surface area contributed by atoms with Crippen LogP contribution < -0.4 is 0 Å². The summed E-state index contributed by atoms with van der Waals surface area (Å²) in [5.74, 6) is 0. The fourth-order valence-corrected chi connectivity index (χ4v) is 2.20. The SMILES string of the molecule is O=S(=O)(OCCCOS(=O)(=O)C(F)(F)C(F)F)C(F)(F)C(F)F. The van der Waals surface area contributed by atoms with Crippen molar-refractivity contribution in [3.8, 4) is 0 Å². The summed E-state index contributed by atoms with van der Waals surface area (Å²) < 4.78 is 147. The molecule has 0 bridgehead atoms. The van der Waals surface area contributed by atoms with Gasteiger partial charge in [-0.15, -0.1) is 0 Å². The molecule has 0 aromatic carbocycles. The van der Waals surface area contributed by atoms with Crippen LogP contribution in [0.5, 0.6) is 0 Å². The minimum Gasteiger partial charge on any atom is -0.265 e. The molecule has 0 spiro atoms. The van der Waals surface area contributed by atoms with Gasteiger partial charge in [0.05, 0.1) is 13.2 Å². The third kappa shape index (κ3) is 5.12. The van der Waals surface area contributed by atoms with Crippen LogP contribution in [0.4, 0.5) is 35.1 Å². The molecule has 0 heterocycles. The van der Waals surface area contributed by atoms with Gasteiger partial charge in [-0.05, 0) is 6.42 Å². The van der Waals surface area contributed by atoms with Gasteiger partial charge in [-0.2, -0.15) is 34.4 Å². The van der Waals surface area contributed by atoms with E-state index in [0.29, 0.717) is 0 Å². The minimum absolute atomic E-state index is 0.975. The predicted octanol–water partition coefficient (Wildman–Crippen LogP) is 1.79. The second-order valence-electron chi connectivity index (χ2n) is 3.63. The number of halogens is 8. The number of hydrogen-bond donors (Lipinski definition) is 0. The molecule has 6 nitrogen and oxygen atoms in total. The van der Waals surface area contributed by atoms with Crippen molar-refractivity contribution in [3.63, 3.8) is 0 Å². The molecule has 0 aliphatic carbocycles. The molecule has 0 aliphatic heterocycles. The molecule has 0 saturated heterocycles. The predicted molar refractivity (Wildman–Crippen MR) is 56.3 cm³/mol. The van der Waals surface area contributed by atoms with Crippen molar-refractivity contribution in [2.24, 2.45) is 0 Å². The Balaban J connectivity index is 4.52. The second kappa shape index (κ2) is 7.43. The lowest BCUT2D eigenvalue weighted by Gasteiger charge is -2.16. The lowest BCUT2D eigenvalue weighted by atomic mass is 10.5. The first-order valence-corrected chi connectivity index (χ1v) is 8.01. The lowest BCUT2D eigenvalue weighted by molar-refractivity contribution is -0.0720. The molecule has 0 aromatic heterocycles. The van der Waals surface area contributed by atoms with Crippen molar-refractivity contribution in [2.75, 3.05) is 13.2 Å². The normalized spacial score (nSPS) is 14.7. The molecule has 0 atom stereocenters. The molecule has 0 N–H and O–H groups in total. The number of hydrogen-bond acceptors (Lipinski definition) is 6. The highest BCUT2D eigenvalue weighted by atomic mass is 32.2. The quantitative estimate of drug-likeness (QED) is 0.314. The van der Waals surface area contributed by atoms with Gasteiger partial charge in [0, 0.05) is 0 Å². The first-order valence-electron chi connectivity index (χ1n) is 5.19. The topological polar surface area (TPSA) is 86.7 Å². The lowest BCUT2D eigenvalue weighted by Crippen LogP contribution is -2.38. The highest BCUT2D eigenvalue weighted by Crippen LogP contribution is 2.31. The average molecular weight is 404 g/mol. The minimum atomic E-state index is -6.07. The van der Waals surface area contributed by atoms with Gasteiger partial charge < -0.3 is 0 Å². The van der Waals surface area contributed by atoms with Gasteiger partial charge in [-0.3, -0.25) is 8.37 Å². The van der Waals surface area contributed by atoms with Crippen LogP contribution in [0.25, 0.3) is 0 Å². The zero-order valence-corrected chi connectivity index (χ0v) is 12.2. The summed E-state index contributed by atoms with van der Waals surface area (Å²) in [7, 11) is -12.1. The maximum atomic E-state index is 12.5. The van der Waals surface area contributed by atoms with Gasteiger partial charge in [0.25, 0.3) is 0 Å². The first kappa shape index (κ1) is 22.3. The van der Waals surface area contributed by atoms with E-state index in [4.69, 9.17) is 0 Å². The van der Waals surface area contributed by atoms with Crippen LogP contribution in [0.15, 0.2) is 0 Å². The van der Waals surface area contributed by atoms with E-state index in [1.54, 1.807) is 0 Å². The Morgan fingerprint density at radius 3 is 1.17 bits per heavy atom. The van der Waals surface area contributed by atoms with Crippen LogP contribution in [0.1, 0.15) is 6.42 Å². The number of alkyl halides is 8. The third-order valence-corrected chi connectivity index (χ3v) is 4.58. The van der Waals surface area contributed by atoms with Gasteiger partial charge in [0.1, 0.15) is 0 Å². The molecule has 0 amide bonds. The van der Waals surface area contributed by atoms with Crippen molar-refractivity contribution in [1.82, 2.24) is 0 Å². The van der Waals surface area contributed by atoms with Crippen LogP contribution in [0.2, 0.25) is 0 Å². The molecule has 0 aliphatic rings. The summed E-state index contributed by atoms with van der Waals surface area (Å²) in [6.07, 6.45) is -10.2. The zero-order chi connectivity index (χ0) is 18.7. The monoisotopic (exact) mass is 404 g/mol. The molecule has 0 fully saturated rings. The molecule has 0 radical (unpaired) electrons. The Morgan fingerprint density at radius 1 is 0.696 bits per heavy atom. The first-order chi connectivity index (χ1) is 10.1. The standard InChI is InChI=1S/C7H8F8O6S2/c8-4(9)6(12,13)22(16,17)20-2-1-3-21-23(18,19)7(14,15)5(10)11/h4-5H,1-3H2. The zero-order valence-electron chi connectivity index (χ0n) is 10.6. The van der Waals surface area contributed by atoms with Crippen LogP contribution in [-0.4, -0.2) is 53.4 Å². The van der Waals surface area contributed by atoms with E-state index in [1.807, 2.05) is 0 Å². The van der Waals surface area contributed by atoms with E-state index in [9.17, 15) is 52.0 Å². The maximum absolute atomic E-state index is 12.5. The van der Waals surface area contributed by atoms with Gasteiger partial charge in [-0.25, -0.2) is 17.6 Å². The van der Waals surface area contributed by atoms with Crippen molar-refractivity contribution in [2.45, 2.75) is 29.8 Å². The smallest absolute Gasteiger partial charge is 0.265 e. The van der Waals surface area contributed by atoms with E-state index in [0.717, 1.165) is 0 Å². The molecular formula is C7H8F8O6S2. The van der Waals surface area contributed by atoms with E-state index in [1.165, 1.54) is 0 Å². The maximum Gasteiger partial charge on any atom is 0.428 e. The van der Waals surface area contributed by atoms with Crippen molar-refractivity contribution < 1.29 is 60.3 Å². The number of rotatable bonds is 10. The van der Waals surface area contributed by atoms with Crippen LogP contribution in [0, 0.1) is 0 Å². The van der Waals surface area contributed by atoms with Crippen molar-refractivity contribution in [3.05, 3.63) is 0 Å². The van der Waals surface area contributed by atoms with Crippen molar-refractivity contribution in [1.29, 1.82) is 0 Å². The van der Waals surface area contributed by atoms with E-state index < -0.39 is 63.2 Å². The van der Waals surface area contributed by atoms with Crippen LogP contribution in [-0.2, 0) is 28.6 Å². The van der Waals surface area contributed by atoms with Crippen LogP contribution >= 0.6 is 0 Å². The largest absolute Gasteiger partial charge is 0.428 e. The molecular weight excluding hydrogens is 396 g/mol. The van der Waals surface area contributed by atoms with Gasteiger partial charge in [0.2, 0.25) is 0 Å². The molecule has 0 unspecified atom stereocenters. The Bertz CT molecular complexity index is 534. The fourth-order valence-electron chi connectivity index (χ4n) is 0.772. The highest BCUT2D eigenvalue weighted by Gasteiger charge is 2.56. The Morgan fingerprint density at radius 2 is 0.957 bits per heavy atom. The van der Waals surface area contributed by atoms with Gasteiger partial charge >= 0.3 is 43.6 Å². The van der Waals surface area contributed by atoms with E-state index in [2.05, 4.69) is 8.37 Å². The molecule has 23 heavy (non-hydrogen) atoms. The van der Waals surface area contributed by atoms with E-state index >= 15 is 0 Å². The Kier molecular flexibility index (Phi) is 7.20. The van der Waals surface area contributed by atoms with Crippen molar-refractivity contribution >= 4 is 20.2 Å². The summed E-state index contributed by atoms with van der Waals surface area (Å²) in [5.41, 5.74) is 0. The molecule has 0 aromatic rings. The summed E-state index contributed by atoms with van der Waals surface area (Å²) in [5, 5.41) is -11.1. The summed E-state index contributed by atoms with van der Waals surface area (Å²) in [6, 6.07) is 0. The van der Waals surface area contributed by atoms with Gasteiger partial charge in [-0.1, -0.05) is 0 Å². The fraction of sp³-hybridized carbons (Fsp3) is 1.00. The van der Waals surface area contributed by atoms with E-state index in [-0.39, 0.29) is 0 Å². The average Bonchev–Trinajstić information content (AvgIpc) is 2.36.